The number of rotatable bonds is 5. The maximum Gasteiger partial charge on any atom is 0.383 e. The fraction of sp³-hybridized carbons (Fsp3) is 0.615. The number of furan rings is 1. The quantitative estimate of drug-likeness (QED) is 0.781. The van der Waals surface area contributed by atoms with Gasteiger partial charge in [0.1, 0.15) is 11.5 Å². The monoisotopic (exact) mass is 293 g/mol. The van der Waals surface area contributed by atoms with Crippen LogP contribution in [0.25, 0.3) is 0 Å². The number of carbonyl (C=O) groups is 1. The molecule has 112 valence electrons. The van der Waals surface area contributed by atoms with Crippen molar-refractivity contribution in [2.24, 2.45) is 5.92 Å². The Morgan fingerprint density at radius 2 is 2.10 bits per heavy atom. The van der Waals surface area contributed by atoms with E-state index in [-0.39, 0.29) is 6.54 Å². The molecular weight excluding hydrogens is 278 g/mol. The van der Waals surface area contributed by atoms with E-state index in [9.17, 15) is 22.4 Å². The van der Waals surface area contributed by atoms with Crippen molar-refractivity contribution in [1.29, 1.82) is 0 Å². The van der Waals surface area contributed by atoms with Gasteiger partial charge >= 0.3 is 12.3 Å². The van der Waals surface area contributed by atoms with Gasteiger partial charge in [-0.1, -0.05) is 6.92 Å². The molecule has 0 spiro atoms. The maximum atomic E-state index is 12.9. The third kappa shape index (κ3) is 2.81. The van der Waals surface area contributed by atoms with Crippen molar-refractivity contribution in [3.63, 3.8) is 0 Å². The van der Waals surface area contributed by atoms with Crippen molar-refractivity contribution in [3.8, 4) is 0 Å². The van der Waals surface area contributed by atoms with E-state index >= 15 is 0 Å². The Balaban J connectivity index is 1.99. The molecule has 2 unspecified atom stereocenters. The van der Waals surface area contributed by atoms with Gasteiger partial charge < -0.3 is 9.32 Å². The predicted octanol–water partition coefficient (Wildman–Crippen LogP) is 3.26. The van der Waals surface area contributed by atoms with Crippen LogP contribution in [0.1, 0.15) is 30.8 Å². The van der Waals surface area contributed by atoms with E-state index in [0.717, 1.165) is 19.2 Å². The summed E-state index contributed by atoms with van der Waals surface area (Å²) in [6.07, 6.45) is -3.01. The molecule has 0 N–H and O–H groups in total. The van der Waals surface area contributed by atoms with Crippen LogP contribution in [-0.4, -0.2) is 30.2 Å². The van der Waals surface area contributed by atoms with Gasteiger partial charge in [-0.3, -0.25) is 4.79 Å². The highest BCUT2D eigenvalue weighted by Crippen LogP contribution is 2.47. The van der Waals surface area contributed by atoms with Crippen LogP contribution in [0.2, 0.25) is 0 Å². The van der Waals surface area contributed by atoms with Crippen LogP contribution < -0.4 is 0 Å². The largest absolute Gasteiger partial charge is 0.464 e. The molecule has 7 heteroatoms. The van der Waals surface area contributed by atoms with Gasteiger partial charge in [0.15, 0.2) is 0 Å². The minimum atomic E-state index is -4.67. The molecule has 0 saturated heterocycles. The van der Waals surface area contributed by atoms with Crippen LogP contribution in [0.5, 0.6) is 0 Å². The van der Waals surface area contributed by atoms with Crippen molar-refractivity contribution in [3.05, 3.63) is 23.7 Å². The maximum absolute atomic E-state index is 12.9. The summed E-state index contributed by atoms with van der Waals surface area (Å²) >= 11 is 0. The number of hydrogen-bond acceptors (Lipinski definition) is 2. The molecule has 2 rings (SSSR count). The van der Waals surface area contributed by atoms with E-state index in [4.69, 9.17) is 4.42 Å². The van der Waals surface area contributed by atoms with Gasteiger partial charge in [0.05, 0.1) is 6.54 Å². The normalized spacial score (nSPS) is 22.1. The zero-order valence-electron chi connectivity index (χ0n) is 11.1. The Bertz CT molecular complexity index is 500. The summed E-state index contributed by atoms with van der Waals surface area (Å²) < 4.78 is 55.5. The van der Waals surface area contributed by atoms with Gasteiger partial charge in [-0.25, -0.2) is 8.78 Å². The lowest BCUT2D eigenvalue weighted by Crippen LogP contribution is -2.45. The van der Waals surface area contributed by atoms with Gasteiger partial charge in [0, 0.05) is 13.0 Å². The number of amides is 1. The van der Waals surface area contributed by atoms with Gasteiger partial charge in [-0.05, 0) is 24.5 Å². The first kappa shape index (κ1) is 14.9. The zero-order valence-corrected chi connectivity index (χ0v) is 11.1. The smallest absolute Gasteiger partial charge is 0.383 e. The van der Waals surface area contributed by atoms with Crippen LogP contribution in [0, 0.1) is 5.92 Å². The van der Waals surface area contributed by atoms with Gasteiger partial charge in [0.2, 0.25) is 0 Å². The van der Waals surface area contributed by atoms with Crippen molar-refractivity contribution in [2.75, 3.05) is 7.05 Å². The highest BCUT2D eigenvalue weighted by atomic mass is 19.3. The number of alkyl halides is 4. The van der Waals surface area contributed by atoms with Crippen LogP contribution in [0.4, 0.5) is 17.6 Å². The van der Waals surface area contributed by atoms with Crippen LogP contribution in [-0.2, 0) is 11.3 Å². The lowest BCUT2D eigenvalue weighted by Gasteiger charge is -2.21. The second-order valence-corrected chi connectivity index (χ2v) is 5.21. The second kappa shape index (κ2) is 5.10. The van der Waals surface area contributed by atoms with E-state index in [1.54, 1.807) is 12.1 Å². The van der Waals surface area contributed by atoms with Crippen LogP contribution in [0.15, 0.2) is 16.5 Å². The minimum absolute atomic E-state index is 0.262. The number of carbonyl (C=O) groups excluding carboxylic acids is 1. The standard InChI is InChI=1S/C13H15F4NO2/c1-7-5-9(7)10-4-3-8(20-10)6-18(2)12(19)13(16,17)11(14)15/h3-4,7,9,11H,5-6H2,1-2H3. The van der Waals surface area contributed by atoms with Gasteiger partial charge in [0.25, 0.3) is 5.91 Å². The van der Waals surface area contributed by atoms with E-state index in [0.29, 0.717) is 22.5 Å². The molecule has 0 radical (unpaired) electrons. The van der Waals surface area contributed by atoms with E-state index in [1.165, 1.54) is 0 Å². The van der Waals surface area contributed by atoms with Crippen molar-refractivity contribution >= 4 is 5.91 Å². The van der Waals surface area contributed by atoms with Crippen LogP contribution >= 0.6 is 0 Å². The van der Waals surface area contributed by atoms with Crippen molar-refractivity contribution < 1.29 is 26.8 Å². The number of nitrogens with zero attached hydrogens (tertiary/aromatic N) is 1. The Labute approximate surface area is 113 Å². The van der Waals surface area contributed by atoms with E-state index in [2.05, 4.69) is 6.92 Å². The molecule has 2 atom stereocenters. The first-order valence-electron chi connectivity index (χ1n) is 6.23. The molecular formula is C13H15F4NO2. The highest BCUT2D eigenvalue weighted by Gasteiger charge is 2.50. The third-order valence-corrected chi connectivity index (χ3v) is 3.46. The molecule has 20 heavy (non-hydrogen) atoms. The summed E-state index contributed by atoms with van der Waals surface area (Å²) in [4.78, 5) is 11.8. The predicted molar refractivity (Wildman–Crippen MR) is 62.7 cm³/mol. The molecule has 1 aromatic heterocycles. The van der Waals surface area contributed by atoms with E-state index in [1.807, 2.05) is 0 Å². The lowest BCUT2D eigenvalue weighted by atomic mass is 10.2. The SMILES string of the molecule is CC1CC1c1ccc(CN(C)C(=O)C(F)(F)C(F)F)o1. The average Bonchev–Trinajstić information content (AvgIpc) is 2.92. The van der Waals surface area contributed by atoms with Crippen molar-refractivity contribution in [2.45, 2.75) is 38.2 Å². The first-order chi connectivity index (χ1) is 9.23. The Hall–Kier alpha value is -1.53. The topological polar surface area (TPSA) is 33.5 Å². The minimum Gasteiger partial charge on any atom is -0.464 e. The molecule has 1 amide bonds. The summed E-state index contributed by atoms with van der Waals surface area (Å²) in [5.74, 6) is -4.68. The van der Waals surface area contributed by atoms with Gasteiger partial charge in [-0.15, -0.1) is 0 Å². The fourth-order valence-corrected chi connectivity index (χ4v) is 2.05. The molecule has 0 bridgehead atoms. The second-order valence-electron chi connectivity index (χ2n) is 5.21. The van der Waals surface area contributed by atoms with E-state index < -0.39 is 18.3 Å². The first-order valence-corrected chi connectivity index (χ1v) is 6.23. The molecule has 1 heterocycles. The Kier molecular flexibility index (Phi) is 3.80. The fourth-order valence-electron chi connectivity index (χ4n) is 2.05. The molecule has 0 aliphatic heterocycles. The Morgan fingerprint density at radius 1 is 1.50 bits per heavy atom. The molecule has 1 saturated carbocycles. The summed E-state index contributed by atoms with van der Waals surface area (Å²) in [5, 5.41) is 0. The summed E-state index contributed by atoms with van der Waals surface area (Å²) in [6, 6.07) is 3.30. The molecule has 1 fully saturated rings. The van der Waals surface area contributed by atoms with Crippen LogP contribution in [0.3, 0.4) is 0 Å². The summed E-state index contributed by atoms with van der Waals surface area (Å²) in [7, 11) is 1.04. The highest BCUT2D eigenvalue weighted by molar-refractivity contribution is 5.83. The molecule has 1 aliphatic rings. The molecule has 0 aromatic carbocycles. The summed E-state index contributed by atoms with van der Waals surface area (Å²) in [5.41, 5.74) is 0. The average molecular weight is 293 g/mol. The number of hydrogen-bond donors (Lipinski definition) is 0. The third-order valence-electron chi connectivity index (χ3n) is 3.46. The molecule has 3 nitrogen and oxygen atoms in total. The summed E-state index contributed by atoms with van der Waals surface area (Å²) in [6.45, 7) is 1.80. The molecule has 1 aliphatic carbocycles. The van der Waals surface area contributed by atoms with Crippen molar-refractivity contribution in [1.82, 2.24) is 4.90 Å². The number of halogens is 4. The zero-order chi connectivity index (χ0) is 15.1. The Morgan fingerprint density at radius 3 is 2.60 bits per heavy atom. The van der Waals surface area contributed by atoms with Gasteiger partial charge in [-0.2, -0.15) is 8.78 Å². The molecule has 1 aromatic rings. The lowest BCUT2D eigenvalue weighted by molar-refractivity contribution is -0.180.